The second-order valence-electron chi connectivity index (χ2n) is 3.88. The quantitative estimate of drug-likeness (QED) is 0.623. The van der Waals surface area contributed by atoms with Crippen molar-refractivity contribution in [3.8, 4) is 0 Å². The number of hydrogen-bond acceptors (Lipinski definition) is 5. The monoisotopic (exact) mass is 187 g/mol. The zero-order chi connectivity index (χ0) is 10.1. The third kappa shape index (κ3) is 3.02. The molecule has 0 radical (unpaired) electrons. The van der Waals surface area contributed by atoms with E-state index in [9.17, 15) is 9.59 Å². The average Bonchev–Trinajstić information content (AvgIpc) is 1.94. The van der Waals surface area contributed by atoms with E-state index in [1.807, 2.05) is 0 Å². The molecule has 0 spiro atoms. The van der Waals surface area contributed by atoms with Crippen LogP contribution in [0.3, 0.4) is 0 Å². The van der Waals surface area contributed by atoms with Crippen molar-refractivity contribution in [2.45, 2.75) is 38.8 Å². The van der Waals surface area contributed by atoms with Gasteiger partial charge in [0.15, 0.2) is 6.04 Å². The molecule has 5 heteroatoms. The van der Waals surface area contributed by atoms with Crippen molar-refractivity contribution in [3.05, 3.63) is 0 Å². The molecule has 13 heavy (non-hydrogen) atoms. The SMILES string of the molecule is CC(C)(C)OC(=O)C[C@@H]1NOC1=O. The molecule has 0 saturated carbocycles. The molecule has 1 heterocycles. The Morgan fingerprint density at radius 1 is 1.62 bits per heavy atom. The highest BCUT2D eigenvalue weighted by molar-refractivity contribution is 5.85. The van der Waals surface area contributed by atoms with Crippen LogP contribution >= 0.6 is 0 Å². The number of ether oxygens (including phenoxy) is 1. The summed E-state index contributed by atoms with van der Waals surface area (Å²) in [6.45, 7) is 5.33. The Hall–Kier alpha value is -1.10. The lowest BCUT2D eigenvalue weighted by molar-refractivity contribution is -0.185. The topological polar surface area (TPSA) is 64.6 Å². The molecule has 1 saturated heterocycles. The van der Waals surface area contributed by atoms with Gasteiger partial charge in [0.2, 0.25) is 0 Å². The third-order valence-electron chi connectivity index (χ3n) is 1.38. The minimum absolute atomic E-state index is 0.0239. The number of rotatable bonds is 2. The predicted octanol–water partition coefficient (Wildman–Crippen LogP) is 0.148. The largest absolute Gasteiger partial charge is 0.460 e. The first kappa shape index (κ1) is 9.98. The van der Waals surface area contributed by atoms with Crippen LogP contribution in [0.25, 0.3) is 0 Å². The van der Waals surface area contributed by atoms with E-state index in [-0.39, 0.29) is 6.42 Å². The van der Waals surface area contributed by atoms with Gasteiger partial charge in [-0.15, -0.1) is 5.48 Å². The summed E-state index contributed by atoms with van der Waals surface area (Å²) in [4.78, 5) is 26.1. The van der Waals surface area contributed by atoms with Crippen molar-refractivity contribution in [1.82, 2.24) is 5.48 Å². The molecular weight excluding hydrogens is 174 g/mol. The van der Waals surface area contributed by atoms with Gasteiger partial charge >= 0.3 is 11.9 Å². The van der Waals surface area contributed by atoms with Crippen LogP contribution in [0.15, 0.2) is 0 Å². The van der Waals surface area contributed by atoms with E-state index in [1.54, 1.807) is 20.8 Å². The van der Waals surface area contributed by atoms with Gasteiger partial charge in [0.25, 0.3) is 0 Å². The van der Waals surface area contributed by atoms with Crippen LogP contribution < -0.4 is 5.48 Å². The molecule has 0 aliphatic carbocycles. The van der Waals surface area contributed by atoms with Crippen molar-refractivity contribution in [3.63, 3.8) is 0 Å². The summed E-state index contributed by atoms with van der Waals surface area (Å²) in [5.41, 5.74) is 1.85. The van der Waals surface area contributed by atoms with Crippen LogP contribution in [0.2, 0.25) is 0 Å². The summed E-state index contributed by atoms with van der Waals surface area (Å²) < 4.78 is 5.01. The van der Waals surface area contributed by atoms with E-state index in [0.717, 1.165) is 0 Å². The Kier molecular flexibility index (Phi) is 2.56. The first-order valence-electron chi connectivity index (χ1n) is 4.06. The zero-order valence-corrected chi connectivity index (χ0v) is 7.92. The highest BCUT2D eigenvalue weighted by atomic mass is 16.7. The van der Waals surface area contributed by atoms with E-state index in [1.165, 1.54) is 0 Å². The molecule has 1 N–H and O–H groups in total. The van der Waals surface area contributed by atoms with E-state index in [0.29, 0.717) is 0 Å². The Morgan fingerprint density at radius 3 is 2.54 bits per heavy atom. The van der Waals surface area contributed by atoms with Gasteiger partial charge in [-0.1, -0.05) is 0 Å². The maximum atomic E-state index is 11.1. The smallest absolute Gasteiger partial charge is 0.345 e. The second kappa shape index (κ2) is 3.33. The van der Waals surface area contributed by atoms with Crippen molar-refractivity contribution in [2.75, 3.05) is 0 Å². The van der Waals surface area contributed by atoms with Crippen molar-refractivity contribution >= 4 is 11.9 Å². The normalized spacial score (nSPS) is 21.8. The molecule has 1 rings (SSSR count). The van der Waals surface area contributed by atoms with E-state index in [2.05, 4.69) is 10.3 Å². The van der Waals surface area contributed by atoms with Crippen molar-refractivity contribution in [1.29, 1.82) is 0 Å². The molecular formula is C8H13NO4. The lowest BCUT2D eigenvalue weighted by Gasteiger charge is -2.26. The molecule has 74 valence electrons. The molecule has 0 bridgehead atoms. The molecule has 1 aliphatic heterocycles. The van der Waals surface area contributed by atoms with Gasteiger partial charge in [0, 0.05) is 0 Å². The minimum atomic E-state index is -0.533. The van der Waals surface area contributed by atoms with Gasteiger partial charge in [0.1, 0.15) is 5.60 Å². The Labute approximate surface area is 76.3 Å². The second-order valence-corrected chi connectivity index (χ2v) is 3.88. The van der Waals surface area contributed by atoms with Crippen LogP contribution in [-0.4, -0.2) is 23.6 Å². The Balaban J connectivity index is 2.29. The predicted molar refractivity (Wildman–Crippen MR) is 43.5 cm³/mol. The molecule has 0 unspecified atom stereocenters. The molecule has 0 aromatic rings. The summed E-state index contributed by atoms with van der Waals surface area (Å²) in [5.74, 6) is -0.812. The number of nitrogens with one attached hydrogen (secondary N) is 1. The number of carbonyl (C=O) groups is 2. The molecule has 0 amide bonds. The first-order valence-corrected chi connectivity index (χ1v) is 4.06. The molecule has 5 nitrogen and oxygen atoms in total. The number of esters is 1. The summed E-state index contributed by atoms with van der Waals surface area (Å²) >= 11 is 0. The summed E-state index contributed by atoms with van der Waals surface area (Å²) in [5, 5.41) is 0. The van der Waals surface area contributed by atoms with Gasteiger partial charge in [-0.3, -0.25) is 4.79 Å². The standard InChI is InChI=1S/C8H13NO4/c1-8(2,3)12-6(10)4-5-7(11)13-9-5/h5,9H,4H2,1-3H3/t5-/m0/s1. The minimum Gasteiger partial charge on any atom is -0.460 e. The third-order valence-corrected chi connectivity index (χ3v) is 1.38. The van der Waals surface area contributed by atoms with Gasteiger partial charge in [-0.2, -0.15) is 0 Å². The van der Waals surface area contributed by atoms with E-state index < -0.39 is 23.6 Å². The fourth-order valence-electron chi connectivity index (χ4n) is 0.865. The highest BCUT2D eigenvalue weighted by Crippen LogP contribution is 2.11. The highest BCUT2D eigenvalue weighted by Gasteiger charge is 2.34. The lowest BCUT2D eigenvalue weighted by atomic mass is 10.1. The molecule has 1 fully saturated rings. The van der Waals surface area contributed by atoms with Crippen molar-refractivity contribution < 1.29 is 19.2 Å². The fourth-order valence-corrected chi connectivity index (χ4v) is 0.865. The van der Waals surface area contributed by atoms with E-state index >= 15 is 0 Å². The van der Waals surface area contributed by atoms with Crippen LogP contribution in [-0.2, 0) is 19.2 Å². The first-order chi connectivity index (χ1) is 5.88. The Morgan fingerprint density at radius 2 is 2.23 bits per heavy atom. The van der Waals surface area contributed by atoms with Gasteiger partial charge in [-0.25, -0.2) is 4.79 Å². The molecule has 1 aliphatic rings. The molecule has 0 aromatic carbocycles. The maximum absolute atomic E-state index is 11.1. The number of hydrogen-bond donors (Lipinski definition) is 1. The number of hydroxylamine groups is 1. The van der Waals surface area contributed by atoms with Crippen LogP contribution in [0, 0.1) is 0 Å². The maximum Gasteiger partial charge on any atom is 0.345 e. The summed E-state index contributed by atoms with van der Waals surface area (Å²) in [6.07, 6.45) is 0.0239. The van der Waals surface area contributed by atoms with Crippen molar-refractivity contribution in [2.24, 2.45) is 0 Å². The summed E-state index contributed by atoms with van der Waals surface area (Å²) in [6, 6.07) is -0.533. The van der Waals surface area contributed by atoms with Gasteiger partial charge < -0.3 is 9.57 Å². The van der Waals surface area contributed by atoms with Crippen LogP contribution in [0.4, 0.5) is 0 Å². The molecule has 1 atom stereocenters. The van der Waals surface area contributed by atoms with E-state index in [4.69, 9.17) is 4.74 Å². The molecule has 0 aromatic heterocycles. The zero-order valence-electron chi connectivity index (χ0n) is 7.92. The van der Waals surface area contributed by atoms with Crippen LogP contribution in [0.5, 0.6) is 0 Å². The Bertz CT molecular complexity index is 231. The van der Waals surface area contributed by atoms with Gasteiger partial charge in [-0.05, 0) is 20.8 Å². The fraction of sp³-hybridized carbons (Fsp3) is 0.750. The lowest BCUT2D eigenvalue weighted by Crippen LogP contribution is -2.52. The van der Waals surface area contributed by atoms with Gasteiger partial charge in [0.05, 0.1) is 6.42 Å². The van der Waals surface area contributed by atoms with Crippen LogP contribution in [0.1, 0.15) is 27.2 Å². The average molecular weight is 187 g/mol. The number of carbonyl (C=O) groups excluding carboxylic acids is 2. The summed E-state index contributed by atoms with van der Waals surface area (Å²) in [7, 11) is 0.